The van der Waals surface area contributed by atoms with E-state index in [1.54, 1.807) is 0 Å². The highest BCUT2D eigenvalue weighted by Gasteiger charge is 2.24. The number of aliphatic hydroxyl groups is 1. The van der Waals surface area contributed by atoms with Crippen LogP contribution in [0.5, 0.6) is 0 Å². The summed E-state index contributed by atoms with van der Waals surface area (Å²) in [5.41, 5.74) is 1.45. The van der Waals surface area contributed by atoms with Crippen molar-refractivity contribution in [1.82, 2.24) is 4.90 Å². The van der Waals surface area contributed by atoms with E-state index in [-0.39, 0.29) is 6.23 Å². The van der Waals surface area contributed by atoms with Crippen molar-refractivity contribution in [3.05, 3.63) is 35.9 Å². The Bertz CT molecular complexity index is 341. The van der Waals surface area contributed by atoms with Gasteiger partial charge in [0.25, 0.3) is 0 Å². The maximum atomic E-state index is 10.1. The van der Waals surface area contributed by atoms with E-state index in [1.165, 1.54) is 18.4 Å². The van der Waals surface area contributed by atoms with Gasteiger partial charge in [-0.25, -0.2) is 0 Å². The second kappa shape index (κ2) is 6.35. The van der Waals surface area contributed by atoms with Crippen molar-refractivity contribution >= 4 is 0 Å². The molecule has 0 aliphatic carbocycles. The van der Waals surface area contributed by atoms with Gasteiger partial charge in [-0.3, -0.25) is 4.90 Å². The zero-order valence-electron chi connectivity index (χ0n) is 11.5. The SMILES string of the molecule is CC(C)C[C@@H](O)N1CCC(c2ccccc2)CC1. The average molecular weight is 247 g/mol. The van der Waals surface area contributed by atoms with Crippen LogP contribution in [0.2, 0.25) is 0 Å². The van der Waals surface area contributed by atoms with E-state index in [9.17, 15) is 5.11 Å². The first kappa shape index (κ1) is 13.6. The van der Waals surface area contributed by atoms with Gasteiger partial charge < -0.3 is 5.11 Å². The monoisotopic (exact) mass is 247 g/mol. The summed E-state index contributed by atoms with van der Waals surface area (Å²) in [6.45, 7) is 6.38. The predicted molar refractivity (Wildman–Crippen MR) is 75.5 cm³/mol. The Balaban J connectivity index is 1.85. The van der Waals surface area contributed by atoms with Crippen LogP contribution < -0.4 is 0 Å². The highest BCUT2D eigenvalue weighted by molar-refractivity contribution is 5.20. The van der Waals surface area contributed by atoms with Gasteiger partial charge in [-0.15, -0.1) is 0 Å². The van der Waals surface area contributed by atoms with E-state index in [0.29, 0.717) is 11.8 Å². The molecule has 1 aromatic carbocycles. The smallest absolute Gasteiger partial charge is 0.107 e. The molecule has 100 valence electrons. The van der Waals surface area contributed by atoms with Crippen LogP contribution in [0.4, 0.5) is 0 Å². The van der Waals surface area contributed by atoms with Crippen molar-refractivity contribution in [3.63, 3.8) is 0 Å². The van der Waals surface area contributed by atoms with Crippen LogP contribution in [0.1, 0.15) is 44.6 Å². The number of hydrogen-bond donors (Lipinski definition) is 1. The quantitative estimate of drug-likeness (QED) is 0.883. The Morgan fingerprint density at radius 3 is 2.33 bits per heavy atom. The highest BCUT2D eigenvalue weighted by Crippen LogP contribution is 2.28. The number of benzene rings is 1. The first-order chi connectivity index (χ1) is 8.66. The number of piperidine rings is 1. The number of nitrogens with zero attached hydrogens (tertiary/aromatic N) is 1. The Kier molecular flexibility index (Phi) is 4.79. The normalized spacial score (nSPS) is 20.2. The number of hydrogen-bond acceptors (Lipinski definition) is 2. The molecule has 0 bridgehead atoms. The molecule has 0 amide bonds. The third kappa shape index (κ3) is 3.56. The van der Waals surface area contributed by atoms with Crippen molar-refractivity contribution in [2.24, 2.45) is 5.92 Å². The van der Waals surface area contributed by atoms with Gasteiger partial charge in [-0.05, 0) is 36.7 Å². The molecule has 0 spiro atoms. The summed E-state index contributed by atoms with van der Waals surface area (Å²) in [7, 11) is 0. The van der Waals surface area contributed by atoms with Crippen LogP contribution in [0.3, 0.4) is 0 Å². The molecule has 1 atom stereocenters. The number of aliphatic hydroxyl groups excluding tert-OH is 1. The summed E-state index contributed by atoms with van der Waals surface area (Å²) in [5, 5.41) is 10.1. The van der Waals surface area contributed by atoms with Gasteiger partial charge in [0.1, 0.15) is 6.23 Å². The average Bonchev–Trinajstić information content (AvgIpc) is 2.39. The molecular weight excluding hydrogens is 222 g/mol. The Morgan fingerprint density at radius 1 is 1.17 bits per heavy atom. The summed E-state index contributed by atoms with van der Waals surface area (Å²) in [6.07, 6.45) is 2.97. The minimum absolute atomic E-state index is 0.248. The Hall–Kier alpha value is -0.860. The highest BCUT2D eigenvalue weighted by atomic mass is 16.3. The molecule has 0 saturated carbocycles. The lowest BCUT2D eigenvalue weighted by Gasteiger charge is -2.35. The predicted octanol–water partition coefficient (Wildman–Crippen LogP) is 3.23. The molecular formula is C16H25NO. The van der Waals surface area contributed by atoms with Crippen molar-refractivity contribution in [2.45, 2.75) is 45.3 Å². The van der Waals surface area contributed by atoms with E-state index in [2.05, 4.69) is 49.1 Å². The molecule has 1 aromatic rings. The summed E-state index contributed by atoms with van der Waals surface area (Å²) in [4.78, 5) is 2.24. The van der Waals surface area contributed by atoms with E-state index in [1.807, 2.05) is 0 Å². The van der Waals surface area contributed by atoms with Gasteiger partial charge in [-0.2, -0.15) is 0 Å². The molecule has 2 heteroatoms. The summed E-state index contributed by atoms with van der Waals surface area (Å²) < 4.78 is 0. The summed E-state index contributed by atoms with van der Waals surface area (Å²) in [5.74, 6) is 1.24. The fraction of sp³-hybridized carbons (Fsp3) is 0.625. The van der Waals surface area contributed by atoms with Crippen molar-refractivity contribution in [1.29, 1.82) is 0 Å². The Labute approximate surface area is 111 Å². The fourth-order valence-corrected chi connectivity index (χ4v) is 2.83. The van der Waals surface area contributed by atoms with E-state index in [4.69, 9.17) is 0 Å². The topological polar surface area (TPSA) is 23.5 Å². The lowest BCUT2D eigenvalue weighted by Crippen LogP contribution is -2.41. The van der Waals surface area contributed by atoms with Crippen molar-refractivity contribution in [3.8, 4) is 0 Å². The van der Waals surface area contributed by atoms with E-state index in [0.717, 1.165) is 19.5 Å². The number of likely N-dealkylation sites (tertiary alicyclic amines) is 1. The molecule has 1 heterocycles. The number of rotatable bonds is 4. The van der Waals surface area contributed by atoms with Crippen LogP contribution in [-0.2, 0) is 0 Å². The lowest BCUT2D eigenvalue weighted by atomic mass is 9.89. The minimum atomic E-state index is -0.248. The fourth-order valence-electron chi connectivity index (χ4n) is 2.83. The molecule has 0 radical (unpaired) electrons. The summed E-state index contributed by atoms with van der Waals surface area (Å²) in [6, 6.07) is 10.8. The maximum absolute atomic E-state index is 10.1. The molecule has 1 saturated heterocycles. The van der Waals surface area contributed by atoms with Crippen LogP contribution >= 0.6 is 0 Å². The molecule has 2 nitrogen and oxygen atoms in total. The second-order valence-corrected chi connectivity index (χ2v) is 5.83. The van der Waals surface area contributed by atoms with Crippen molar-refractivity contribution in [2.75, 3.05) is 13.1 Å². The zero-order valence-corrected chi connectivity index (χ0v) is 11.5. The largest absolute Gasteiger partial charge is 0.378 e. The van der Waals surface area contributed by atoms with E-state index < -0.39 is 0 Å². The third-order valence-electron chi connectivity index (χ3n) is 3.90. The first-order valence-corrected chi connectivity index (χ1v) is 7.14. The maximum Gasteiger partial charge on any atom is 0.107 e. The van der Waals surface area contributed by atoms with Gasteiger partial charge in [0.15, 0.2) is 0 Å². The van der Waals surface area contributed by atoms with Gasteiger partial charge in [0, 0.05) is 13.1 Å². The van der Waals surface area contributed by atoms with Gasteiger partial charge in [0.05, 0.1) is 0 Å². The van der Waals surface area contributed by atoms with Crippen LogP contribution in [0.15, 0.2) is 30.3 Å². The molecule has 0 unspecified atom stereocenters. The standard InChI is InChI=1S/C16H25NO/c1-13(2)12-16(18)17-10-8-15(9-11-17)14-6-4-3-5-7-14/h3-7,13,15-16,18H,8-12H2,1-2H3/t16-/m1/s1. The molecule has 18 heavy (non-hydrogen) atoms. The molecule has 0 aromatic heterocycles. The molecule has 1 aliphatic heterocycles. The van der Waals surface area contributed by atoms with Crippen LogP contribution in [-0.4, -0.2) is 29.3 Å². The molecule has 1 N–H and O–H groups in total. The van der Waals surface area contributed by atoms with Gasteiger partial charge in [0.2, 0.25) is 0 Å². The third-order valence-corrected chi connectivity index (χ3v) is 3.90. The summed E-state index contributed by atoms with van der Waals surface area (Å²) >= 11 is 0. The zero-order chi connectivity index (χ0) is 13.0. The van der Waals surface area contributed by atoms with Crippen LogP contribution in [0.25, 0.3) is 0 Å². The van der Waals surface area contributed by atoms with Crippen LogP contribution in [0, 0.1) is 5.92 Å². The molecule has 2 rings (SSSR count). The van der Waals surface area contributed by atoms with E-state index >= 15 is 0 Å². The lowest BCUT2D eigenvalue weighted by molar-refractivity contribution is -0.0239. The van der Waals surface area contributed by atoms with Gasteiger partial charge in [-0.1, -0.05) is 44.2 Å². The first-order valence-electron chi connectivity index (χ1n) is 7.14. The minimum Gasteiger partial charge on any atom is -0.378 e. The van der Waals surface area contributed by atoms with Gasteiger partial charge >= 0.3 is 0 Å². The Morgan fingerprint density at radius 2 is 1.78 bits per heavy atom. The molecule has 1 aliphatic rings. The second-order valence-electron chi connectivity index (χ2n) is 5.83. The molecule has 1 fully saturated rings. The van der Waals surface area contributed by atoms with Crippen molar-refractivity contribution < 1.29 is 5.11 Å².